The van der Waals surface area contributed by atoms with Gasteiger partial charge >= 0.3 is 0 Å². The third-order valence-electron chi connectivity index (χ3n) is 4.14. The number of para-hydroxylation sites is 1. The highest BCUT2D eigenvalue weighted by molar-refractivity contribution is 9.10. The van der Waals surface area contributed by atoms with Gasteiger partial charge in [-0.3, -0.25) is 4.79 Å². The maximum atomic E-state index is 12.6. The monoisotopic (exact) mass is 388 g/mol. The molecule has 6 heteroatoms. The minimum atomic E-state index is -0.223. The Balaban J connectivity index is 1.83. The van der Waals surface area contributed by atoms with Crippen LogP contribution in [0.25, 0.3) is 0 Å². The molecule has 3 rings (SSSR count). The van der Waals surface area contributed by atoms with Crippen molar-refractivity contribution >= 4 is 33.5 Å². The molecule has 2 heterocycles. The summed E-state index contributed by atoms with van der Waals surface area (Å²) in [6, 6.07) is 9.25. The highest BCUT2D eigenvalue weighted by Crippen LogP contribution is 2.23. The SMILES string of the molecule is Cc1cc(C(=O)Nc2ccccc2Br)nc(N2CCCC(C)C2)n1. The van der Waals surface area contributed by atoms with E-state index in [1.807, 2.05) is 31.2 Å². The minimum Gasteiger partial charge on any atom is -0.341 e. The largest absolute Gasteiger partial charge is 0.341 e. The number of hydrogen-bond acceptors (Lipinski definition) is 4. The molecule has 0 bridgehead atoms. The zero-order chi connectivity index (χ0) is 17.1. The molecule has 1 unspecified atom stereocenters. The van der Waals surface area contributed by atoms with E-state index in [0.29, 0.717) is 17.6 Å². The Kier molecular flexibility index (Phi) is 5.14. The second kappa shape index (κ2) is 7.30. The molecule has 0 saturated carbocycles. The summed E-state index contributed by atoms with van der Waals surface area (Å²) in [6.45, 7) is 6.02. The van der Waals surface area contributed by atoms with E-state index in [1.165, 1.54) is 6.42 Å². The number of benzene rings is 1. The molecule has 1 atom stereocenters. The Morgan fingerprint density at radius 2 is 2.12 bits per heavy atom. The van der Waals surface area contributed by atoms with E-state index in [0.717, 1.165) is 35.4 Å². The highest BCUT2D eigenvalue weighted by Gasteiger charge is 2.20. The summed E-state index contributed by atoms with van der Waals surface area (Å²) >= 11 is 3.44. The van der Waals surface area contributed by atoms with Crippen molar-refractivity contribution in [2.45, 2.75) is 26.7 Å². The van der Waals surface area contributed by atoms with Gasteiger partial charge in [-0.05, 0) is 59.8 Å². The molecule has 0 radical (unpaired) electrons. The molecule has 1 amide bonds. The number of aromatic nitrogens is 2. The summed E-state index contributed by atoms with van der Waals surface area (Å²) in [6.07, 6.45) is 2.37. The van der Waals surface area contributed by atoms with Crippen molar-refractivity contribution in [2.75, 3.05) is 23.3 Å². The number of carbonyl (C=O) groups excluding carboxylic acids is 1. The van der Waals surface area contributed by atoms with Gasteiger partial charge in [-0.15, -0.1) is 0 Å². The maximum Gasteiger partial charge on any atom is 0.274 e. The lowest BCUT2D eigenvalue weighted by molar-refractivity contribution is 0.102. The molecule has 1 aliphatic rings. The number of carbonyl (C=O) groups is 1. The van der Waals surface area contributed by atoms with E-state index in [9.17, 15) is 4.79 Å². The number of piperidine rings is 1. The van der Waals surface area contributed by atoms with Gasteiger partial charge in [0.1, 0.15) is 5.69 Å². The first kappa shape index (κ1) is 16.9. The van der Waals surface area contributed by atoms with Crippen molar-refractivity contribution in [3.05, 3.63) is 46.2 Å². The molecule has 1 fully saturated rings. The van der Waals surface area contributed by atoms with Gasteiger partial charge in [-0.25, -0.2) is 9.97 Å². The lowest BCUT2D eigenvalue weighted by Crippen LogP contribution is -2.36. The van der Waals surface area contributed by atoms with E-state index in [1.54, 1.807) is 6.07 Å². The predicted molar refractivity (Wildman–Crippen MR) is 99.5 cm³/mol. The molecular formula is C18H21BrN4O. The quantitative estimate of drug-likeness (QED) is 0.861. The molecule has 126 valence electrons. The number of nitrogens with one attached hydrogen (secondary N) is 1. The van der Waals surface area contributed by atoms with Crippen molar-refractivity contribution in [2.24, 2.45) is 5.92 Å². The molecule has 2 aromatic rings. The van der Waals surface area contributed by atoms with Crippen LogP contribution in [-0.2, 0) is 0 Å². The molecular weight excluding hydrogens is 368 g/mol. The zero-order valence-corrected chi connectivity index (χ0v) is 15.5. The normalized spacial score (nSPS) is 17.6. The van der Waals surface area contributed by atoms with Crippen LogP contribution in [-0.4, -0.2) is 29.0 Å². The van der Waals surface area contributed by atoms with Crippen LogP contribution < -0.4 is 10.2 Å². The van der Waals surface area contributed by atoms with Gasteiger partial charge in [-0.2, -0.15) is 0 Å². The average Bonchev–Trinajstić information content (AvgIpc) is 2.56. The Morgan fingerprint density at radius 1 is 1.33 bits per heavy atom. The third kappa shape index (κ3) is 3.93. The van der Waals surface area contributed by atoms with E-state index < -0.39 is 0 Å². The Labute approximate surface area is 150 Å². The molecule has 1 aromatic heterocycles. The number of anilines is 2. The van der Waals surface area contributed by atoms with E-state index in [4.69, 9.17) is 0 Å². The molecule has 1 N–H and O–H groups in total. The number of amides is 1. The number of halogens is 1. The molecule has 0 aliphatic carbocycles. The van der Waals surface area contributed by atoms with Gasteiger partial charge in [0.2, 0.25) is 5.95 Å². The van der Waals surface area contributed by atoms with Crippen LogP contribution in [0.1, 0.15) is 35.9 Å². The summed E-state index contributed by atoms with van der Waals surface area (Å²) in [4.78, 5) is 23.8. The first-order valence-electron chi connectivity index (χ1n) is 8.19. The molecule has 1 aliphatic heterocycles. The fourth-order valence-corrected chi connectivity index (χ4v) is 3.31. The molecule has 5 nitrogen and oxygen atoms in total. The summed E-state index contributed by atoms with van der Waals surface area (Å²) < 4.78 is 0.842. The van der Waals surface area contributed by atoms with Crippen LogP contribution in [0.5, 0.6) is 0 Å². The molecule has 24 heavy (non-hydrogen) atoms. The van der Waals surface area contributed by atoms with Gasteiger partial charge in [0.05, 0.1) is 5.69 Å². The van der Waals surface area contributed by atoms with Gasteiger partial charge in [0.25, 0.3) is 5.91 Å². The average molecular weight is 389 g/mol. The smallest absolute Gasteiger partial charge is 0.274 e. The van der Waals surface area contributed by atoms with E-state index >= 15 is 0 Å². The van der Waals surface area contributed by atoms with Crippen molar-refractivity contribution < 1.29 is 4.79 Å². The van der Waals surface area contributed by atoms with E-state index in [-0.39, 0.29) is 5.91 Å². The number of nitrogens with zero attached hydrogens (tertiary/aromatic N) is 3. The summed E-state index contributed by atoms with van der Waals surface area (Å²) in [5.41, 5.74) is 1.92. The summed E-state index contributed by atoms with van der Waals surface area (Å²) in [7, 11) is 0. The fraction of sp³-hybridized carbons (Fsp3) is 0.389. The van der Waals surface area contributed by atoms with Gasteiger partial charge < -0.3 is 10.2 Å². The van der Waals surface area contributed by atoms with Crippen molar-refractivity contribution in [3.8, 4) is 0 Å². The maximum absolute atomic E-state index is 12.6. The van der Waals surface area contributed by atoms with E-state index in [2.05, 4.69) is 43.0 Å². The topological polar surface area (TPSA) is 58.1 Å². The molecule has 1 aromatic carbocycles. The van der Waals surface area contributed by atoms with Crippen LogP contribution in [0.4, 0.5) is 11.6 Å². The zero-order valence-electron chi connectivity index (χ0n) is 13.9. The van der Waals surface area contributed by atoms with Crippen LogP contribution in [0.2, 0.25) is 0 Å². The highest BCUT2D eigenvalue weighted by atomic mass is 79.9. The first-order chi connectivity index (χ1) is 11.5. The lowest BCUT2D eigenvalue weighted by atomic mass is 10.0. The Hall–Kier alpha value is -1.95. The van der Waals surface area contributed by atoms with Gasteiger partial charge in [-0.1, -0.05) is 19.1 Å². The predicted octanol–water partition coefficient (Wildman–Crippen LogP) is 4.04. The van der Waals surface area contributed by atoms with Gasteiger partial charge in [0, 0.05) is 23.3 Å². The third-order valence-corrected chi connectivity index (χ3v) is 4.83. The van der Waals surface area contributed by atoms with Crippen LogP contribution in [0, 0.1) is 12.8 Å². The Bertz CT molecular complexity index is 750. The number of aryl methyl sites for hydroxylation is 1. The van der Waals surface area contributed by atoms with Crippen LogP contribution >= 0.6 is 15.9 Å². The van der Waals surface area contributed by atoms with Crippen molar-refractivity contribution in [1.29, 1.82) is 0 Å². The second-order valence-electron chi connectivity index (χ2n) is 6.32. The summed E-state index contributed by atoms with van der Waals surface area (Å²) in [5.74, 6) is 1.05. The standard InChI is InChI=1S/C18H21BrN4O/c1-12-6-5-9-23(11-12)18-20-13(2)10-16(22-18)17(24)21-15-8-4-3-7-14(15)19/h3-4,7-8,10,12H,5-6,9,11H2,1-2H3,(H,21,24). The van der Waals surface area contributed by atoms with Crippen molar-refractivity contribution in [3.63, 3.8) is 0 Å². The molecule has 1 saturated heterocycles. The summed E-state index contributed by atoms with van der Waals surface area (Å²) in [5, 5.41) is 2.90. The van der Waals surface area contributed by atoms with Crippen molar-refractivity contribution in [1.82, 2.24) is 9.97 Å². The second-order valence-corrected chi connectivity index (χ2v) is 7.18. The minimum absolute atomic E-state index is 0.223. The Morgan fingerprint density at radius 3 is 2.88 bits per heavy atom. The lowest BCUT2D eigenvalue weighted by Gasteiger charge is -2.31. The van der Waals surface area contributed by atoms with Crippen LogP contribution in [0.15, 0.2) is 34.8 Å². The fourth-order valence-electron chi connectivity index (χ4n) is 2.93. The number of hydrogen-bond donors (Lipinski definition) is 1. The number of rotatable bonds is 3. The van der Waals surface area contributed by atoms with Gasteiger partial charge in [0.15, 0.2) is 0 Å². The molecule has 0 spiro atoms. The van der Waals surface area contributed by atoms with Crippen LogP contribution in [0.3, 0.4) is 0 Å². The first-order valence-corrected chi connectivity index (χ1v) is 8.99.